The summed E-state index contributed by atoms with van der Waals surface area (Å²) in [4.78, 5) is 7.12. The molecule has 7 heteroatoms. The lowest BCUT2D eigenvalue weighted by atomic mass is 10.3. The molecule has 2 aromatic rings. The van der Waals surface area contributed by atoms with Gasteiger partial charge in [-0.05, 0) is 50.1 Å². The highest BCUT2D eigenvalue weighted by atomic mass is 79.9. The van der Waals surface area contributed by atoms with Gasteiger partial charge in [-0.3, -0.25) is 9.67 Å². The summed E-state index contributed by atoms with van der Waals surface area (Å²) >= 11 is 3.50. The molecule has 1 fully saturated rings. The highest BCUT2D eigenvalue weighted by Gasteiger charge is 2.23. The number of anilines is 1. The van der Waals surface area contributed by atoms with E-state index < -0.39 is 0 Å². The van der Waals surface area contributed by atoms with Crippen molar-refractivity contribution >= 4 is 27.6 Å². The second-order valence-corrected chi connectivity index (χ2v) is 7.51. The first kappa shape index (κ1) is 18.8. The van der Waals surface area contributed by atoms with Crippen LogP contribution in [-0.2, 0) is 6.54 Å². The summed E-state index contributed by atoms with van der Waals surface area (Å²) in [6, 6.07) is 8.93. The largest absolute Gasteiger partial charge is 0.369 e. The van der Waals surface area contributed by atoms with Crippen LogP contribution in [0.4, 0.5) is 5.69 Å². The average Bonchev–Trinajstić information content (AvgIpc) is 3.25. The van der Waals surface area contributed by atoms with Gasteiger partial charge in [-0.2, -0.15) is 5.10 Å². The van der Waals surface area contributed by atoms with E-state index in [0.29, 0.717) is 12.6 Å². The molecule has 3 rings (SSSR count). The lowest BCUT2D eigenvalue weighted by molar-refractivity contribution is 0.613. The Hall–Kier alpha value is -2.02. The van der Waals surface area contributed by atoms with Crippen LogP contribution in [0.1, 0.15) is 18.9 Å². The molecular formula is C19H27BrN6. The Balaban J connectivity index is 1.52. The van der Waals surface area contributed by atoms with E-state index in [0.717, 1.165) is 43.0 Å². The summed E-state index contributed by atoms with van der Waals surface area (Å²) in [6.45, 7) is 8.55. The van der Waals surface area contributed by atoms with Crippen molar-refractivity contribution in [2.45, 2.75) is 32.9 Å². The molecule has 0 saturated carbocycles. The fourth-order valence-electron chi connectivity index (χ4n) is 3.13. The fourth-order valence-corrected chi connectivity index (χ4v) is 3.40. The molecular weight excluding hydrogens is 392 g/mol. The van der Waals surface area contributed by atoms with Crippen molar-refractivity contribution in [3.05, 3.63) is 46.7 Å². The van der Waals surface area contributed by atoms with E-state index in [4.69, 9.17) is 4.99 Å². The van der Waals surface area contributed by atoms with Crippen molar-refractivity contribution in [2.75, 3.05) is 31.1 Å². The maximum atomic E-state index is 4.70. The van der Waals surface area contributed by atoms with Crippen molar-refractivity contribution in [1.29, 1.82) is 0 Å². The number of aryl methyl sites for hydroxylation is 1. The number of rotatable bonds is 6. The van der Waals surface area contributed by atoms with Gasteiger partial charge in [0.2, 0.25) is 0 Å². The summed E-state index contributed by atoms with van der Waals surface area (Å²) < 4.78 is 3.05. The smallest absolute Gasteiger partial charge is 0.191 e. The maximum Gasteiger partial charge on any atom is 0.191 e. The van der Waals surface area contributed by atoms with Crippen LogP contribution >= 0.6 is 15.9 Å². The van der Waals surface area contributed by atoms with Crippen LogP contribution in [0.3, 0.4) is 0 Å². The molecule has 0 radical (unpaired) electrons. The number of aliphatic imine (C=N–C) groups is 1. The zero-order valence-corrected chi connectivity index (χ0v) is 17.0. The van der Waals surface area contributed by atoms with Gasteiger partial charge in [0.15, 0.2) is 5.96 Å². The first-order chi connectivity index (χ1) is 12.6. The highest BCUT2D eigenvalue weighted by Crippen LogP contribution is 2.22. The molecule has 0 aliphatic carbocycles. The molecule has 1 unspecified atom stereocenters. The molecule has 1 aromatic carbocycles. The van der Waals surface area contributed by atoms with Crippen LogP contribution in [0.2, 0.25) is 0 Å². The number of benzene rings is 1. The predicted molar refractivity (Wildman–Crippen MR) is 111 cm³/mol. The van der Waals surface area contributed by atoms with Crippen LogP contribution < -0.4 is 15.5 Å². The van der Waals surface area contributed by atoms with Gasteiger partial charge in [-0.1, -0.05) is 15.9 Å². The standard InChI is InChI=1S/C19H27BrN6/c1-3-21-19(22-9-11-26-13-15(2)12-23-26)24-17-8-10-25(14-17)18-6-4-16(20)5-7-18/h4-7,12-13,17H,3,8-11,14H2,1-2H3,(H2,21,22,24). The van der Waals surface area contributed by atoms with E-state index in [9.17, 15) is 0 Å². The number of aromatic nitrogens is 2. The Labute approximate surface area is 163 Å². The van der Waals surface area contributed by atoms with Gasteiger partial charge >= 0.3 is 0 Å². The average molecular weight is 419 g/mol. The van der Waals surface area contributed by atoms with Crippen LogP contribution in [0.25, 0.3) is 0 Å². The molecule has 0 amide bonds. The Morgan fingerprint density at radius 3 is 2.85 bits per heavy atom. The molecule has 140 valence electrons. The number of guanidine groups is 1. The monoisotopic (exact) mass is 418 g/mol. The molecule has 1 aliphatic rings. The summed E-state index contributed by atoms with van der Waals surface area (Å²) in [5.41, 5.74) is 2.45. The minimum atomic E-state index is 0.406. The molecule has 26 heavy (non-hydrogen) atoms. The van der Waals surface area contributed by atoms with Gasteiger partial charge in [0.25, 0.3) is 0 Å². The zero-order valence-electron chi connectivity index (χ0n) is 15.5. The molecule has 1 saturated heterocycles. The van der Waals surface area contributed by atoms with Gasteiger partial charge in [-0.25, -0.2) is 0 Å². The Kier molecular flexibility index (Phi) is 6.55. The maximum absolute atomic E-state index is 4.70. The predicted octanol–water partition coefficient (Wildman–Crippen LogP) is 2.79. The quantitative estimate of drug-likeness (QED) is 0.559. The van der Waals surface area contributed by atoms with Gasteiger partial charge in [0.05, 0.1) is 19.3 Å². The third-order valence-electron chi connectivity index (χ3n) is 4.43. The van der Waals surface area contributed by atoms with Crippen LogP contribution in [-0.4, -0.2) is 48.0 Å². The fraction of sp³-hybridized carbons (Fsp3) is 0.474. The number of halogens is 1. The molecule has 0 bridgehead atoms. The van der Waals surface area contributed by atoms with E-state index in [-0.39, 0.29) is 0 Å². The number of nitrogens with zero attached hydrogens (tertiary/aromatic N) is 4. The summed E-state index contributed by atoms with van der Waals surface area (Å²) in [5.74, 6) is 0.888. The topological polar surface area (TPSA) is 57.5 Å². The third kappa shape index (κ3) is 5.24. The Bertz CT molecular complexity index is 724. The highest BCUT2D eigenvalue weighted by molar-refractivity contribution is 9.10. The molecule has 1 atom stereocenters. The number of hydrogen-bond donors (Lipinski definition) is 2. The molecule has 2 N–H and O–H groups in total. The molecule has 1 aromatic heterocycles. The third-order valence-corrected chi connectivity index (χ3v) is 4.96. The van der Waals surface area contributed by atoms with E-state index >= 15 is 0 Å². The number of hydrogen-bond acceptors (Lipinski definition) is 3. The molecule has 2 heterocycles. The zero-order chi connectivity index (χ0) is 18.4. The lowest BCUT2D eigenvalue weighted by Gasteiger charge is -2.20. The van der Waals surface area contributed by atoms with Crippen molar-refractivity contribution in [3.8, 4) is 0 Å². The van der Waals surface area contributed by atoms with Crippen LogP contribution in [0.5, 0.6) is 0 Å². The first-order valence-electron chi connectivity index (χ1n) is 9.18. The first-order valence-corrected chi connectivity index (χ1v) is 9.98. The van der Waals surface area contributed by atoms with Gasteiger partial charge < -0.3 is 15.5 Å². The van der Waals surface area contributed by atoms with E-state index in [1.807, 2.05) is 17.1 Å². The second-order valence-electron chi connectivity index (χ2n) is 6.59. The van der Waals surface area contributed by atoms with Crippen LogP contribution in [0.15, 0.2) is 46.1 Å². The van der Waals surface area contributed by atoms with Crippen molar-refractivity contribution < 1.29 is 0 Å². The SMILES string of the molecule is CCNC(=NCCn1cc(C)cn1)NC1CCN(c2ccc(Br)cc2)C1. The van der Waals surface area contributed by atoms with Crippen molar-refractivity contribution in [3.63, 3.8) is 0 Å². The van der Waals surface area contributed by atoms with E-state index in [1.165, 1.54) is 11.3 Å². The second kappa shape index (κ2) is 9.07. The minimum absolute atomic E-state index is 0.406. The molecule has 6 nitrogen and oxygen atoms in total. The van der Waals surface area contributed by atoms with Gasteiger partial charge in [-0.15, -0.1) is 0 Å². The van der Waals surface area contributed by atoms with Crippen molar-refractivity contribution in [1.82, 2.24) is 20.4 Å². The molecule has 1 aliphatic heterocycles. The van der Waals surface area contributed by atoms with Gasteiger partial charge in [0.1, 0.15) is 0 Å². The normalized spacial score (nSPS) is 17.6. The summed E-state index contributed by atoms with van der Waals surface area (Å²) in [7, 11) is 0. The summed E-state index contributed by atoms with van der Waals surface area (Å²) in [6.07, 6.45) is 5.03. The van der Waals surface area contributed by atoms with Crippen LogP contribution in [0, 0.1) is 6.92 Å². The Morgan fingerprint density at radius 2 is 2.15 bits per heavy atom. The van der Waals surface area contributed by atoms with Crippen molar-refractivity contribution in [2.24, 2.45) is 4.99 Å². The number of nitrogens with one attached hydrogen (secondary N) is 2. The lowest BCUT2D eigenvalue weighted by Crippen LogP contribution is -2.44. The summed E-state index contributed by atoms with van der Waals surface area (Å²) in [5, 5.41) is 11.2. The van der Waals surface area contributed by atoms with E-state index in [1.54, 1.807) is 0 Å². The Morgan fingerprint density at radius 1 is 1.35 bits per heavy atom. The van der Waals surface area contributed by atoms with E-state index in [2.05, 4.69) is 74.7 Å². The minimum Gasteiger partial charge on any atom is -0.369 e. The molecule has 0 spiro atoms. The van der Waals surface area contributed by atoms with Gasteiger partial charge in [0, 0.05) is 42.0 Å².